The molecule has 0 saturated heterocycles. The van der Waals surface area contributed by atoms with Crippen molar-refractivity contribution in [1.29, 1.82) is 0 Å². The summed E-state index contributed by atoms with van der Waals surface area (Å²) in [5.74, 6) is 1.75. The topological polar surface area (TPSA) is 59.6 Å². The van der Waals surface area contributed by atoms with E-state index in [1.807, 2.05) is 37.3 Å². The number of hydrogen-bond acceptors (Lipinski definition) is 4. The third-order valence-corrected chi connectivity index (χ3v) is 3.91. The predicted octanol–water partition coefficient (Wildman–Crippen LogP) is 4.64. The average Bonchev–Trinajstić information content (AvgIpc) is 2.63. The lowest BCUT2D eigenvalue weighted by molar-refractivity contribution is 0.0977. The van der Waals surface area contributed by atoms with Crippen LogP contribution in [0.2, 0.25) is 0 Å². The van der Waals surface area contributed by atoms with Crippen molar-refractivity contribution in [2.75, 3.05) is 18.5 Å². The molecule has 0 aliphatic rings. The Morgan fingerprint density at radius 2 is 1.81 bits per heavy atom. The number of amides is 1. The van der Waals surface area contributed by atoms with E-state index < -0.39 is 0 Å². The summed E-state index contributed by atoms with van der Waals surface area (Å²) in [6.07, 6.45) is 0.965. The molecule has 5 nitrogen and oxygen atoms in total. The van der Waals surface area contributed by atoms with Crippen molar-refractivity contribution in [3.05, 3.63) is 54.1 Å². The lowest BCUT2D eigenvalue weighted by Crippen LogP contribution is -2.34. The zero-order valence-corrected chi connectivity index (χ0v) is 16.8. The Morgan fingerprint density at radius 1 is 1.07 bits per heavy atom. The third kappa shape index (κ3) is 7.27. The Morgan fingerprint density at radius 3 is 2.48 bits per heavy atom. The highest BCUT2D eigenvalue weighted by molar-refractivity contribution is 7.80. The second kappa shape index (κ2) is 10.5. The fourth-order valence-electron chi connectivity index (χ4n) is 2.28. The molecule has 0 fully saturated rings. The van der Waals surface area contributed by atoms with Gasteiger partial charge in [0.1, 0.15) is 11.5 Å². The second-order valence-corrected chi connectivity index (χ2v) is 6.83. The van der Waals surface area contributed by atoms with Crippen LogP contribution >= 0.6 is 12.2 Å². The number of hydrogen-bond donors (Lipinski definition) is 2. The van der Waals surface area contributed by atoms with Crippen molar-refractivity contribution in [2.45, 2.75) is 27.2 Å². The van der Waals surface area contributed by atoms with E-state index in [2.05, 4.69) is 24.5 Å². The molecular formula is C21H26N2O3S. The summed E-state index contributed by atoms with van der Waals surface area (Å²) in [5.41, 5.74) is 1.27. The fraction of sp³-hybridized carbons (Fsp3) is 0.333. The summed E-state index contributed by atoms with van der Waals surface area (Å²) >= 11 is 5.22. The molecular weight excluding hydrogens is 360 g/mol. The molecule has 1 amide bonds. The Balaban J connectivity index is 1.89. The zero-order chi connectivity index (χ0) is 19.6. The lowest BCUT2D eigenvalue weighted by Gasteiger charge is -2.12. The van der Waals surface area contributed by atoms with Gasteiger partial charge in [0.05, 0.1) is 13.2 Å². The number of benzene rings is 2. The van der Waals surface area contributed by atoms with Crippen LogP contribution in [0.5, 0.6) is 11.5 Å². The molecule has 2 aromatic carbocycles. The van der Waals surface area contributed by atoms with Gasteiger partial charge in [0, 0.05) is 11.3 Å². The highest BCUT2D eigenvalue weighted by Crippen LogP contribution is 2.16. The van der Waals surface area contributed by atoms with E-state index in [1.165, 1.54) is 0 Å². The maximum Gasteiger partial charge on any atom is 0.257 e. The summed E-state index contributed by atoms with van der Waals surface area (Å²) in [5, 5.41) is 5.90. The van der Waals surface area contributed by atoms with Crippen LogP contribution in [-0.2, 0) is 0 Å². The number of thiocarbonyl (C=S) groups is 1. The molecule has 0 atom stereocenters. The summed E-state index contributed by atoms with van der Waals surface area (Å²) in [7, 11) is 0. The molecule has 0 heterocycles. The minimum absolute atomic E-state index is 0.232. The maximum atomic E-state index is 12.4. The van der Waals surface area contributed by atoms with Gasteiger partial charge < -0.3 is 14.8 Å². The minimum atomic E-state index is -0.284. The van der Waals surface area contributed by atoms with Crippen molar-refractivity contribution < 1.29 is 14.3 Å². The first kappa shape index (κ1) is 20.7. The van der Waals surface area contributed by atoms with Gasteiger partial charge in [-0.1, -0.05) is 19.9 Å². The Labute approximate surface area is 166 Å². The van der Waals surface area contributed by atoms with Crippen LogP contribution in [0.4, 0.5) is 5.69 Å². The molecule has 2 rings (SSSR count). The third-order valence-electron chi connectivity index (χ3n) is 3.71. The van der Waals surface area contributed by atoms with Crippen molar-refractivity contribution in [3.8, 4) is 11.5 Å². The van der Waals surface area contributed by atoms with E-state index in [1.54, 1.807) is 18.2 Å². The molecule has 27 heavy (non-hydrogen) atoms. The van der Waals surface area contributed by atoms with Gasteiger partial charge in [-0.25, -0.2) is 0 Å². The number of nitrogens with one attached hydrogen (secondary N) is 2. The summed E-state index contributed by atoms with van der Waals surface area (Å²) in [4.78, 5) is 12.4. The Bertz CT molecular complexity index is 760. The molecule has 144 valence electrons. The molecule has 0 aliphatic heterocycles. The number of carbonyl (C=O) groups is 1. The van der Waals surface area contributed by atoms with Crippen LogP contribution in [0, 0.1) is 5.92 Å². The summed E-state index contributed by atoms with van der Waals surface area (Å²) in [6.45, 7) is 7.46. The van der Waals surface area contributed by atoms with E-state index >= 15 is 0 Å². The monoisotopic (exact) mass is 386 g/mol. The highest BCUT2D eigenvalue weighted by atomic mass is 32.1. The SMILES string of the molecule is CCOc1ccc(NC(=S)NC(=O)c2cccc(OCCC(C)C)c2)cc1. The first-order valence-corrected chi connectivity index (χ1v) is 9.46. The number of rotatable bonds is 8. The molecule has 0 unspecified atom stereocenters. The van der Waals surface area contributed by atoms with Crippen LogP contribution < -0.4 is 20.1 Å². The minimum Gasteiger partial charge on any atom is -0.494 e. The van der Waals surface area contributed by atoms with Gasteiger partial charge in [-0.2, -0.15) is 0 Å². The quantitative estimate of drug-likeness (QED) is 0.648. The molecule has 0 radical (unpaired) electrons. The van der Waals surface area contributed by atoms with Crippen LogP contribution in [0.15, 0.2) is 48.5 Å². The van der Waals surface area contributed by atoms with Crippen LogP contribution in [0.3, 0.4) is 0 Å². The smallest absolute Gasteiger partial charge is 0.257 e. The summed E-state index contributed by atoms with van der Waals surface area (Å²) < 4.78 is 11.1. The number of carbonyl (C=O) groups excluding carboxylic acids is 1. The summed E-state index contributed by atoms with van der Waals surface area (Å²) in [6, 6.07) is 14.4. The normalized spacial score (nSPS) is 10.4. The fourth-order valence-corrected chi connectivity index (χ4v) is 2.49. The average molecular weight is 387 g/mol. The number of ether oxygens (including phenoxy) is 2. The standard InChI is InChI=1S/C21H26N2O3S/c1-4-25-18-10-8-17(9-11-18)22-21(27)23-20(24)16-6-5-7-19(14-16)26-13-12-15(2)3/h5-11,14-15H,4,12-13H2,1-3H3,(H2,22,23,24,27). The predicted molar refractivity (Wildman–Crippen MR) is 113 cm³/mol. The Kier molecular flexibility index (Phi) is 8.07. The molecule has 2 aromatic rings. The van der Waals surface area contributed by atoms with Crippen molar-refractivity contribution in [1.82, 2.24) is 5.32 Å². The van der Waals surface area contributed by atoms with Crippen molar-refractivity contribution >= 4 is 28.9 Å². The zero-order valence-electron chi connectivity index (χ0n) is 16.0. The van der Waals surface area contributed by atoms with Crippen LogP contribution in [0.25, 0.3) is 0 Å². The van der Waals surface area contributed by atoms with E-state index in [-0.39, 0.29) is 11.0 Å². The van der Waals surface area contributed by atoms with Crippen molar-refractivity contribution in [2.24, 2.45) is 5.92 Å². The van der Waals surface area contributed by atoms with E-state index in [0.29, 0.717) is 30.4 Å². The molecule has 0 bridgehead atoms. The Hall–Kier alpha value is -2.60. The van der Waals surface area contributed by atoms with Gasteiger partial charge in [-0.15, -0.1) is 0 Å². The number of anilines is 1. The highest BCUT2D eigenvalue weighted by Gasteiger charge is 2.09. The van der Waals surface area contributed by atoms with Crippen molar-refractivity contribution in [3.63, 3.8) is 0 Å². The van der Waals surface area contributed by atoms with E-state index in [4.69, 9.17) is 21.7 Å². The molecule has 6 heteroatoms. The van der Waals surface area contributed by atoms with Gasteiger partial charge in [0.15, 0.2) is 5.11 Å². The van der Waals surface area contributed by atoms with Gasteiger partial charge >= 0.3 is 0 Å². The molecule has 0 spiro atoms. The second-order valence-electron chi connectivity index (χ2n) is 6.42. The van der Waals surface area contributed by atoms with Gasteiger partial charge in [0.2, 0.25) is 0 Å². The van der Waals surface area contributed by atoms with Gasteiger partial charge in [0.25, 0.3) is 5.91 Å². The van der Waals surface area contributed by atoms with Gasteiger partial charge in [-0.05, 0) is 73.9 Å². The first-order chi connectivity index (χ1) is 13.0. The largest absolute Gasteiger partial charge is 0.494 e. The van der Waals surface area contributed by atoms with Crippen LogP contribution in [0.1, 0.15) is 37.6 Å². The molecule has 0 aromatic heterocycles. The van der Waals surface area contributed by atoms with Crippen LogP contribution in [-0.4, -0.2) is 24.2 Å². The maximum absolute atomic E-state index is 12.4. The molecule has 0 aliphatic carbocycles. The molecule has 2 N–H and O–H groups in total. The lowest BCUT2D eigenvalue weighted by atomic mass is 10.1. The van der Waals surface area contributed by atoms with Gasteiger partial charge in [-0.3, -0.25) is 10.1 Å². The molecule has 0 saturated carbocycles. The van der Waals surface area contributed by atoms with E-state index in [0.717, 1.165) is 17.9 Å². The first-order valence-electron chi connectivity index (χ1n) is 9.06. The van der Waals surface area contributed by atoms with E-state index in [9.17, 15) is 4.79 Å².